The lowest BCUT2D eigenvalue weighted by molar-refractivity contribution is 0.131. The Morgan fingerprint density at radius 2 is 2.23 bits per heavy atom. The van der Waals surface area contributed by atoms with Crippen LogP contribution in [0.3, 0.4) is 0 Å². The lowest BCUT2D eigenvalue weighted by atomic mass is 9.84. The van der Waals surface area contributed by atoms with Gasteiger partial charge in [0.25, 0.3) is 0 Å². The zero-order valence-corrected chi connectivity index (χ0v) is 18.4. The van der Waals surface area contributed by atoms with E-state index in [1.807, 2.05) is 26.2 Å². The van der Waals surface area contributed by atoms with Crippen LogP contribution < -0.4 is 10.6 Å². The molecule has 7 nitrogen and oxygen atoms in total. The Kier molecular flexibility index (Phi) is 10.5. The molecular weight excluding hydrogens is 447 g/mol. The first-order chi connectivity index (χ1) is 12.1. The van der Waals surface area contributed by atoms with Crippen LogP contribution in [-0.2, 0) is 4.74 Å². The van der Waals surface area contributed by atoms with Crippen LogP contribution in [0.4, 0.5) is 0 Å². The summed E-state index contributed by atoms with van der Waals surface area (Å²) in [5.41, 5.74) is -0.0426. The average Bonchev–Trinajstić information content (AvgIpc) is 3.25. The molecule has 2 heterocycles. The van der Waals surface area contributed by atoms with E-state index in [-0.39, 0.29) is 42.0 Å². The zero-order chi connectivity index (χ0) is 18.1. The molecule has 0 radical (unpaired) electrons. The van der Waals surface area contributed by atoms with Crippen molar-refractivity contribution in [3.05, 3.63) is 24.2 Å². The van der Waals surface area contributed by atoms with Crippen LogP contribution in [0.15, 0.2) is 27.8 Å². The van der Waals surface area contributed by atoms with Crippen molar-refractivity contribution in [2.45, 2.75) is 25.8 Å². The number of likely N-dealkylation sites (N-methyl/N-ethyl adjacent to an activating group) is 1. The van der Waals surface area contributed by atoms with Crippen LogP contribution >= 0.6 is 24.0 Å². The smallest absolute Gasteiger partial charge is 0.191 e. The number of aliphatic hydroxyl groups is 1. The number of aliphatic imine (C=N–C) groups is 1. The molecule has 1 aromatic rings. The molecule has 2 atom stereocenters. The average molecular weight is 480 g/mol. The van der Waals surface area contributed by atoms with Gasteiger partial charge < -0.3 is 24.9 Å². The van der Waals surface area contributed by atoms with Crippen LogP contribution in [0.2, 0.25) is 0 Å². The molecule has 0 aliphatic carbocycles. The first-order valence-electron chi connectivity index (χ1n) is 9.01. The topological polar surface area (TPSA) is 82.3 Å². The van der Waals surface area contributed by atoms with Crippen molar-refractivity contribution in [2.24, 2.45) is 10.4 Å². The Labute approximate surface area is 173 Å². The molecule has 0 bridgehead atoms. The highest BCUT2D eigenvalue weighted by molar-refractivity contribution is 14.0. The quantitative estimate of drug-likeness (QED) is 0.285. The molecule has 3 N–H and O–H groups in total. The Morgan fingerprint density at radius 3 is 2.77 bits per heavy atom. The maximum Gasteiger partial charge on any atom is 0.191 e. The van der Waals surface area contributed by atoms with E-state index in [1.165, 1.54) is 0 Å². The summed E-state index contributed by atoms with van der Waals surface area (Å²) in [5, 5.41) is 16.1. The van der Waals surface area contributed by atoms with Gasteiger partial charge in [-0.1, -0.05) is 0 Å². The van der Waals surface area contributed by atoms with Crippen LogP contribution in [0, 0.1) is 5.41 Å². The summed E-state index contributed by atoms with van der Waals surface area (Å²) in [6.45, 7) is 5.78. The number of rotatable bonds is 9. The molecule has 0 aromatic carbocycles. The van der Waals surface area contributed by atoms with Crippen molar-refractivity contribution < 1.29 is 14.3 Å². The highest BCUT2D eigenvalue weighted by Crippen LogP contribution is 2.32. The van der Waals surface area contributed by atoms with Crippen LogP contribution in [-0.4, -0.2) is 69.5 Å². The van der Waals surface area contributed by atoms with E-state index in [2.05, 4.69) is 22.5 Å². The van der Waals surface area contributed by atoms with E-state index < -0.39 is 0 Å². The Morgan fingerprint density at radius 1 is 1.42 bits per heavy atom. The summed E-state index contributed by atoms with van der Waals surface area (Å²) in [4.78, 5) is 6.87. The number of furan rings is 1. The van der Waals surface area contributed by atoms with Gasteiger partial charge in [0.15, 0.2) is 5.96 Å². The van der Waals surface area contributed by atoms with E-state index in [4.69, 9.17) is 14.1 Å². The molecular formula is C18H33IN4O3. The van der Waals surface area contributed by atoms with Gasteiger partial charge in [-0.15, -0.1) is 24.0 Å². The number of ether oxygens (including phenoxy) is 1. The molecule has 1 fully saturated rings. The summed E-state index contributed by atoms with van der Waals surface area (Å²) in [5.74, 6) is 1.71. The molecule has 26 heavy (non-hydrogen) atoms. The number of aliphatic hydroxyl groups excluding tert-OH is 1. The van der Waals surface area contributed by atoms with Crippen LogP contribution in [0.1, 0.15) is 31.6 Å². The molecule has 2 unspecified atom stereocenters. The second-order valence-corrected chi connectivity index (χ2v) is 6.85. The standard InChI is InChI=1S/C18H32N4O3.HI/c1-4-19-17(21-13-18(7-9-23)8-11-24-14-18)20-12-15(22(2)3)16-6-5-10-25-16;/h5-6,10,15,23H,4,7-9,11-14H2,1-3H3,(H2,19,20,21);1H. The minimum atomic E-state index is -0.0426. The number of nitrogens with one attached hydrogen (secondary N) is 2. The summed E-state index contributed by atoms with van der Waals surface area (Å²) in [6, 6.07) is 4.02. The molecule has 1 saturated heterocycles. The number of guanidine groups is 1. The van der Waals surface area contributed by atoms with E-state index in [1.54, 1.807) is 6.26 Å². The van der Waals surface area contributed by atoms with Crippen molar-refractivity contribution in [2.75, 3.05) is 53.6 Å². The normalized spacial score (nSPS) is 21.5. The van der Waals surface area contributed by atoms with Crippen molar-refractivity contribution in [3.63, 3.8) is 0 Å². The van der Waals surface area contributed by atoms with Gasteiger partial charge in [0.2, 0.25) is 0 Å². The predicted molar refractivity (Wildman–Crippen MR) is 114 cm³/mol. The lowest BCUT2D eigenvalue weighted by Crippen LogP contribution is -2.42. The maximum atomic E-state index is 9.35. The third-order valence-electron chi connectivity index (χ3n) is 4.70. The highest BCUT2D eigenvalue weighted by Gasteiger charge is 2.34. The van der Waals surface area contributed by atoms with E-state index >= 15 is 0 Å². The maximum absolute atomic E-state index is 9.35. The predicted octanol–water partition coefficient (Wildman–Crippen LogP) is 1.84. The van der Waals surface area contributed by atoms with Crippen molar-refractivity contribution in [1.29, 1.82) is 0 Å². The van der Waals surface area contributed by atoms with Gasteiger partial charge in [-0.25, -0.2) is 0 Å². The van der Waals surface area contributed by atoms with Gasteiger partial charge >= 0.3 is 0 Å². The molecule has 0 saturated carbocycles. The molecule has 1 aromatic heterocycles. The molecule has 0 spiro atoms. The zero-order valence-electron chi connectivity index (χ0n) is 16.0. The second kappa shape index (κ2) is 11.8. The molecule has 2 rings (SSSR count). The molecule has 1 aliphatic rings. The van der Waals surface area contributed by atoms with Crippen molar-refractivity contribution in [3.8, 4) is 0 Å². The Bertz CT molecular complexity index is 517. The lowest BCUT2D eigenvalue weighted by Gasteiger charge is -2.26. The van der Waals surface area contributed by atoms with Gasteiger partial charge in [-0.2, -0.15) is 0 Å². The van der Waals surface area contributed by atoms with Gasteiger partial charge in [-0.05, 0) is 46.0 Å². The van der Waals surface area contributed by atoms with Gasteiger partial charge in [0.05, 0.1) is 25.5 Å². The van der Waals surface area contributed by atoms with Crippen LogP contribution in [0.5, 0.6) is 0 Å². The first-order valence-corrected chi connectivity index (χ1v) is 9.01. The van der Waals surface area contributed by atoms with E-state index in [9.17, 15) is 5.11 Å². The third-order valence-corrected chi connectivity index (χ3v) is 4.70. The van der Waals surface area contributed by atoms with Crippen molar-refractivity contribution in [1.82, 2.24) is 15.5 Å². The number of hydrogen-bond donors (Lipinski definition) is 3. The molecule has 150 valence electrons. The SMILES string of the molecule is CCNC(=NCC1(CCO)CCOC1)NCC(c1ccco1)N(C)C.I. The molecule has 0 amide bonds. The van der Waals surface area contributed by atoms with E-state index in [0.29, 0.717) is 19.7 Å². The van der Waals surface area contributed by atoms with Gasteiger partial charge in [0.1, 0.15) is 5.76 Å². The molecule has 1 aliphatic heterocycles. The number of halogens is 1. The minimum Gasteiger partial charge on any atom is -0.468 e. The Hall–Kier alpha value is -0.840. The summed E-state index contributed by atoms with van der Waals surface area (Å²) >= 11 is 0. The summed E-state index contributed by atoms with van der Waals surface area (Å²) in [7, 11) is 4.07. The second-order valence-electron chi connectivity index (χ2n) is 6.85. The fourth-order valence-corrected chi connectivity index (χ4v) is 3.09. The van der Waals surface area contributed by atoms with Crippen LogP contribution in [0.25, 0.3) is 0 Å². The fourth-order valence-electron chi connectivity index (χ4n) is 3.09. The summed E-state index contributed by atoms with van der Waals surface area (Å²) < 4.78 is 11.1. The van der Waals surface area contributed by atoms with Crippen molar-refractivity contribution >= 4 is 29.9 Å². The van der Waals surface area contributed by atoms with E-state index in [0.717, 1.165) is 37.7 Å². The highest BCUT2D eigenvalue weighted by atomic mass is 127. The Balaban J connectivity index is 0.00000338. The number of nitrogens with zero attached hydrogens (tertiary/aromatic N) is 2. The fraction of sp³-hybridized carbons (Fsp3) is 0.722. The first kappa shape index (κ1) is 23.2. The minimum absolute atomic E-state index is 0. The molecule has 8 heteroatoms. The van der Waals surface area contributed by atoms with Gasteiger partial charge in [0, 0.05) is 31.7 Å². The van der Waals surface area contributed by atoms with Gasteiger partial charge in [-0.3, -0.25) is 9.89 Å². The third kappa shape index (κ3) is 6.71. The monoisotopic (exact) mass is 480 g/mol. The largest absolute Gasteiger partial charge is 0.468 e. The summed E-state index contributed by atoms with van der Waals surface area (Å²) in [6.07, 6.45) is 3.37. The number of hydrogen-bond acceptors (Lipinski definition) is 5.